The van der Waals surface area contributed by atoms with Crippen LogP contribution in [-0.4, -0.2) is 19.3 Å². The van der Waals surface area contributed by atoms with E-state index in [-0.39, 0.29) is 12.1 Å². The van der Waals surface area contributed by atoms with Gasteiger partial charge >= 0.3 is 6.18 Å². The maximum Gasteiger partial charge on any atom is 0.401 e. The highest BCUT2D eigenvalue weighted by molar-refractivity contribution is 5.27. The highest BCUT2D eigenvalue weighted by atomic mass is 19.4. The van der Waals surface area contributed by atoms with Crippen LogP contribution in [0.3, 0.4) is 0 Å². The summed E-state index contributed by atoms with van der Waals surface area (Å²) in [5.41, 5.74) is 5.43. The van der Waals surface area contributed by atoms with Gasteiger partial charge in [-0.15, -0.1) is 0 Å². The normalized spacial score (nSPS) is 13.9. The molecule has 0 amide bonds. The summed E-state index contributed by atoms with van der Waals surface area (Å²) in [5.74, 6) is 0. The number of halogens is 5. The first-order valence-electron chi connectivity index (χ1n) is 5.21. The van der Waals surface area contributed by atoms with Gasteiger partial charge in [0.15, 0.2) is 0 Å². The number of nitrogens with one attached hydrogen (secondary N) is 1. The summed E-state index contributed by atoms with van der Waals surface area (Å²) in [4.78, 5) is 0. The number of hydrogen-bond acceptors (Lipinski definition) is 2. The highest BCUT2D eigenvalue weighted by Gasteiger charge is 2.28. The van der Waals surface area contributed by atoms with Gasteiger partial charge in [0.25, 0.3) is 6.43 Å². The van der Waals surface area contributed by atoms with E-state index in [0.717, 1.165) is 6.07 Å². The van der Waals surface area contributed by atoms with Crippen LogP contribution in [0.2, 0.25) is 0 Å². The zero-order chi connectivity index (χ0) is 13.8. The summed E-state index contributed by atoms with van der Waals surface area (Å²) in [6.07, 6.45) is -7.03. The van der Waals surface area contributed by atoms with Crippen molar-refractivity contribution in [1.82, 2.24) is 5.32 Å². The third-order valence-electron chi connectivity index (χ3n) is 2.35. The van der Waals surface area contributed by atoms with Crippen LogP contribution in [0.4, 0.5) is 22.0 Å². The fourth-order valence-corrected chi connectivity index (χ4v) is 1.49. The Kier molecular flexibility index (Phi) is 5.03. The van der Waals surface area contributed by atoms with E-state index in [9.17, 15) is 22.0 Å². The Balaban J connectivity index is 2.78. The molecule has 0 spiro atoms. The van der Waals surface area contributed by atoms with E-state index in [1.807, 2.05) is 0 Å². The highest BCUT2D eigenvalue weighted by Crippen LogP contribution is 2.23. The molecule has 7 heteroatoms. The third kappa shape index (κ3) is 4.58. The van der Waals surface area contributed by atoms with Crippen molar-refractivity contribution in [3.63, 3.8) is 0 Å². The molecule has 1 unspecified atom stereocenters. The van der Waals surface area contributed by atoms with Crippen molar-refractivity contribution in [3.05, 3.63) is 35.4 Å². The lowest BCUT2D eigenvalue weighted by atomic mass is 10.0. The Hall–Kier alpha value is -1.21. The van der Waals surface area contributed by atoms with Crippen molar-refractivity contribution in [2.24, 2.45) is 5.73 Å². The number of nitrogens with two attached hydrogens (primary N) is 1. The molecule has 1 aromatic rings. The Morgan fingerprint density at radius 1 is 1.17 bits per heavy atom. The second-order valence-corrected chi connectivity index (χ2v) is 3.76. The van der Waals surface area contributed by atoms with Crippen LogP contribution in [-0.2, 0) is 0 Å². The molecule has 0 aliphatic rings. The molecule has 0 saturated heterocycles. The molecule has 18 heavy (non-hydrogen) atoms. The lowest BCUT2D eigenvalue weighted by Gasteiger charge is -2.19. The second kappa shape index (κ2) is 6.10. The second-order valence-electron chi connectivity index (χ2n) is 3.76. The van der Waals surface area contributed by atoms with Crippen LogP contribution in [0.5, 0.6) is 0 Å². The monoisotopic (exact) mass is 268 g/mol. The SMILES string of the molecule is NCC(NCC(F)(F)F)c1cccc(C(F)F)c1. The zero-order valence-electron chi connectivity index (χ0n) is 9.35. The molecule has 2 nitrogen and oxygen atoms in total. The first kappa shape index (κ1) is 14.8. The Morgan fingerprint density at radius 2 is 1.78 bits per heavy atom. The number of alkyl halides is 5. The fraction of sp³-hybridized carbons (Fsp3) is 0.455. The topological polar surface area (TPSA) is 38.0 Å². The molecule has 0 aromatic heterocycles. The van der Waals surface area contributed by atoms with Crippen LogP contribution in [0.15, 0.2) is 24.3 Å². The molecule has 0 aliphatic carbocycles. The molecular weight excluding hydrogens is 255 g/mol. The smallest absolute Gasteiger partial charge is 0.329 e. The molecule has 0 fully saturated rings. The average molecular weight is 268 g/mol. The lowest BCUT2D eigenvalue weighted by molar-refractivity contribution is -0.126. The van der Waals surface area contributed by atoms with Crippen LogP contribution in [0.25, 0.3) is 0 Å². The van der Waals surface area contributed by atoms with Crippen molar-refractivity contribution < 1.29 is 22.0 Å². The van der Waals surface area contributed by atoms with Crippen molar-refractivity contribution in [3.8, 4) is 0 Å². The van der Waals surface area contributed by atoms with E-state index in [1.54, 1.807) is 0 Å². The van der Waals surface area contributed by atoms with E-state index < -0.39 is 25.2 Å². The molecule has 0 bridgehead atoms. The van der Waals surface area contributed by atoms with E-state index in [2.05, 4.69) is 5.32 Å². The minimum Gasteiger partial charge on any atom is -0.329 e. The summed E-state index contributed by atoms with van der Waals surface area (Å²) in [7, 11) is 0. The quantitative estimate of drug-likeness (QED) is 0.806. The predicted octanol–water partition coefficient (Wildman–Crippen LogP) is 2.78. The van der Waals surface area contributed by atoms with Gasteiger partial charge in [0.05, 0.1) is 6.54 Å². The van der Waals surface area contributed by atoms with Gasteiger partial charge in [-0.1, -0.05) is 18.2 Å². The van der Waals surface area contributed by atoms with Crippen molar-refractivity contribution in [1.29, 1.82) is 0 Å². The molecule has 3 N–H and O–H groups in total. The van der Waals surface area contributed by atoms with Crippen molar-refractivity contribution in [2.45, 2.75) is 18.6 Å². The van der Waals surface area contributed by atoms with Crippen LogP contribution in [0.1, 0.15) is 23.6 Å². The molecule has 1 aromatic carbocycles. The van der Waals surface area contributed by atoms with Gasteiger partial charge in [0.2, 0.25) is 0 Å². The largest absolute Gasteiger partial charge is 0.401 e. The van der Waals surface area contributed by atoms with Gasteiger partial charge in [-0.25, -0.2) is 8.78 Å². The summed E-state index contributed by atoms with van der Waals surface area (Å²) >= 11 is 0. The minimum atomic E-state index is -4.37. The summed E-state index contributed by atoms with van der Waals surface area (Å²) < 4.78 is 61.1. The van der Waals surface area contributed by atoms with Crippen molar-refractivity contribution in [2.75, 3.05) is 13.1 Å². The Morgan fingerprint density at radius 3 is 2.28 bits per heavy atom. The summed E-state index contributed by atoms with van der Waals surface area (Å²) in [5, 5.41) is 2.20. The number of benzene rings is 1. The molecule has 102 valence electrons. The standard InChI is InChI=1S/C11H13F5N2/c12-10(13)8-3-1-2-7(4-8)9(5-17)18-6-11(14,15)16/h1-4,9-10,18H,5-6,17H2. The van der Waals surface area contributed by atoms with E-state index >= 15 is 0 Å². The van der Waals surface area contributed by atoms with Gasteiger partial charge in [0.1, 0.15) is 0 Å². The first-order valence-corrected chi connectivity index (χ1v) is 5.21. The molecule has 0 radical (unpaired) electrons. The molecular formula is C11H13F5N2. The fourth-order valence-electron chi connectivity index (χ4n) is 1.49. The van der Waals surface area contributed by atoms with Crippen LogP contribution >= 0.6 is 0 Å². The number of hydrogen-bond donors (Lipinski definition) is 2. The van der Waals surface area contributed by atoms with E-state index in [1.165, 1.54) is 18.2 Å². The molecule has 0 saturated carbocycles. The molecule has 0 aliphatic heterocycles. The maximum absolute atomic E-state index is 12.5. The van der Waals surface area contributed by atoms with Crippen LogP contribution in [0, 0.1) is 0 Å². The first-order chi connectivity index (χ1) is 8.33. The predicted molar refractivity (Wildman–Crippen MR) is 57.3 cm³/mol. The average Bonchev–Trinajstić information content (AvgIpc) is 2.28. The molecule has 1 rings (SSSR count). The molecule has 0 heterocycles. The van der Waals surface area contributed by atoms with E-state index in [0.29, 0.717) is 5.56 Å². The Bertz CT molecular complexity index is 378. The van der Waals surface area contributed by atoms with Gasteiger partial charge in [-0.3, -0.25) is 0 Å². The van der Waals surface area contributed by atoms with Gasteiger partial charge in [-0.2, -0.15) is 13.2 Å². The number of rotatable bonds is 5. The van der Waals surface area contributed by atoms with Crippen LogP contribution < -0.4 is 11.1 Å². The van der Waals surface area contributed by atoms with E-state index in [4.69, 9.17) is 5.73 Å². The minimum absolute atomic E-state index is 0.108. The van der Waals surface area contributed by atoms with Gasteiger partial charge in [0, 0.05) is 18.2 Å². The maximum atomic E-state index is 12.5. The third-order valence-corrected chi connectivity index (χ3v) is 2.35. The zero-order valence-corrected chi connectivity index (χ0v) is 9.35. The summed E-state index contributed by atoms with van der Waals surface area (Å²) in [6, 6.07) is 4.41. The Labute approximate surface area is 101 Å². The molecule has 1 atom stereocenters. The van der Waals surface area contributed by atoms with Gasteiger partial charge < -0.3 is 11.1 Å². The van der Waals surface area contributed by atoms with Gasteiger partial charge in [-0.05, 0) is 11.6 Å². The van der Waals surface area contributed by atoms with Crippen molar-refractivity contribution >= 4 is 0 Å². The summed E-state index contributed by atoms with van der Waals surface area (Å²) in [6.45, 7) is -1.32. The lowest BCUT2D eigenvalue weighted by Crippen LogP contribution is -2.35.